The van der Waals surface area contributed by atoms with Crippen molar-refractivity contribution in [3.63, 3.8) is 0 Å². The molecular formula is C14H22N2O2. The van der Waals surface area contributed by atoms with Crippen LogP contribution in [0.1, 0.15) is 31.1 Å². The second-order valence-corrected chi connectivity index (χ2v) is 4.95. The van der Waals surface area contributed by atoms with Crippen molar-refractivity contribution in [2.45, 2.75) is 26.4 Å². The first kappa shape index (κ1) is 14.7. The first-order chi connectivity index (χ1) is 8.49. The maximum absolute atomic E-state index is 10.5. The molecule has 4 heteroatoms. The van der Waals surface area contributed by atoms with Crippen molar-refractivity contribution in [3.05, 3.63) is 35.4 Å². The summed E-state index contributed by atoms with van der Waals surface area (Å²) in [6, 6.07) is 7.92. The molecule has 0 saturated carbocycles. The number of primary amides is 1. The van der Waals surface area contributed by atoms with E-state index in [1.54, 1.807) is 0 Å². The fourth-order valence-corrected chi connectivity index (χ4v) is 1.80. The maximum atomic E-state index is 10.5. The molecule has 0 aliphatic heterocycles. The average Bonchev–Trinajstić information content (AvgIpc) is 2.28. The van der Waals surface area contributed by atoms with Gasteiger partial charge < -0.3 is 16.2 Å². The van der Waals surface area contributed by atoms with E-state index in [9.17, 15) is 9.90 Å². The Morgan fingerprint density at radius 1 is 1.33 bits per heavy atom. The number of aliphatic hydroxyl groups excluding tert-OH is 1. The van der Waals surface area contributed by atoms with Crippen LogP contribution in [-0.4, -0.2) is 24.1 Å². The summed E-state index contributed by atoms with van der Waals surface area (Å²) in [5.41, 5.74) is 7.12. The molecule has 0 heterocycles. The molecular weight excluding hydrogens is 228 g/mol. The summed E-state index contributed by atoms with van der Waals surface area (Å²) in [4.78, 5) is 10.5. The number of benzene rings is 1. The highest BCUT2D eigenvalue weighted by Crippen LogP contribution is 2.15. The van der Waals surface area contributed by atoms with Gasteiger partial charge in [0.1, 0.15) is 0 Å². The Hall–Kier alpha value is -1.39. The van der Waals surface area contributed by atoms with Gasteiger partial charge in [-0.25, -0.2) is 0 Å². The van der Waals surface area contributed by atoms with E-state index in [1.807, 2.05) is 24.3 Å². The van der Waals surface area contributed by atoms with Crippen molar-refractivity contribution in [3.8, 4) is 0 Å². The smallest absolute Gasteiger partial charge is 0.231 e. The quantitative estimate of drug-likeness (QED) is 0.675. The molecule has 0 radical (unpaired) electrons. The summed E-state index contributed by atoms with van der Waals surface area (Å²) in [7, 11) is 0. The number of hydrogen-bond acceptors (Lipinski definition) is 3. The zero-order chi connectivity index (χ0) is 13.5. The Bertz CT molecular complexity index is 374. The molecule has 18 heavy (non-hydrogen) atoms. The molecule has 0 aliphatic carbocycles. The molecule has 1 aromatic carbocycles. The van der Waals surface area contributed by atoms with Gasteiger partial charge in [-0.15, -0.1) is 0 Å². The molecule has 100 valence electrons. The Morgan fingerprint density at radius 2 is 1.94 bits per heavy atom. The summed E-state index contributed by atoms with van der Waals surface area (Å²) < 4.78 is 0. The third-order valence-electron chi connectivity index (χ3n) is 2.65. The van der Waals surface area contributed by atoms with E-state index >= 15 is 0 Å². The van der Waals surface area contributed by atoms with Crippen molar-refractivity contribution in [2.75, 3.05) is 13.1 Å². The number of aliphatic hydroxyl groups is 1. The van der Waals surface area contributed by atoms with Crippen LogP contribution >= 0.6 is 0 Å². The van der Waals surface area contributed by atoms with Crippen molar-refractivity contribution in [1.82, 2.24) is 5.32 Å². The normalized spacial score (nSPS) is 12.7. The van der Waals surface area contributed by atoms with Crippen molar-refractivity contribution < 1.29 is 9.90 Å². The topological polar surface area (TPSA) is 75.3 Å². The van der Waals surface area contributed by atoms with E-state index < -0.39 is 12.0 Å². The second-order valence-electron chi connectivity index (χ2n) is 4.95. The zero-order valence-electron chi connectivity index (χ0n) is 11.0. The molecule has 4 N–H and O–H groups in total. The summed E-state index contributed by atoms with van der Waals surface area (Å²) in [5.74, 6) is 0.201. The van der Waals surface area contributed by atoms with Gasteiger partial charge in [-0.3, -0.25) is 4.79 Å². The van der Waals surface area contributed by atoms with Gasteiger partial charge in [0.15, 0.2) is 0 Å². The lowest BCUT2D eigenvalue weighted by Gasteiger charge is -2.12. The molecule has 0 bridgehead atoms. The van der Waals surface area contributed by atoms with Crippen LogP contribution in [0.25, 0.3) is 0 Å². The standard InChI is InChI=1S/C14H22N2O2/c1-10(2)7-11-3-5-12(6-4-11)13(17)8-16-9-14(15)18/h3-6,10,13,16-17H,7-9H2,1-2H3,(H2,15,18). The zero-order valence-corrected chi connectivity index (χ0v) is 11.0. The monoisotopic (exact) mass is 250 g/mol. The van der Waals surface area contributed by atoms with Gasteiger partial charge in [-0.2, -0.15) is 0 Å². The van der Waals surface area contributed by atoms with E-state index in [1.165, 1.54) is 5.56 Å². The van der Waals surface area contributed by atoms with Crippen LogP contribution in [0.2, 0.25) is 0 Å². The Balaban J connectivity index is 2.48. The number of rotatable bonds is 7. The van der Waals surface area contributed by atoms with Gasteiger partial charge in [0.2, 0.25) is 5.91 Å². The number of nitrogens with one attached hydrogen (secondary N) is 1. The second kappa shape index (κ2) is 7.13. The minimum absolute atomic E-state index is 0.0858. The summed E-state index contributed by atoms with van der Waals surface area (Å²) in [6.07, 6.45) is 0.425. The van der Waals surface area contributed by atoms with Crippen molar-refractivity contribution in [2.24, 2.45) is 11.7 Å². The Morgan fingerprint density at radius 3 is 2.44 bits per heavy atom. The van der Waals surface area contributed by atoms with E-state index in [-0.39, 0.29) is 6.54 Å². The summed E-state index contributed by atoms with van der Waals surface area (Å²) in [5, 5.41) is 12.7. The predicted octanol–water partition coefficient (Wildman–Crippen LogP) is 0.993. The third kappa shape index (κ3) is 5.29. The highest BCUT2D eigenvalue weighted by molar-refractivity contribution is 5.75. The van der Waals surface area contributed by atoms with Gasteiger partial charge >= 0.3 is 0 Å². The van der Waals surface area contributed by atoms with Crippen LogP contribution in [0.15, 0.2) is 24.3 Å². The number of amides is 1. The molecule has 0 spiro atoms. The third-order valence-corrected chi connectivity index (χ3v) is 2.65. The lowest BCUT2D eigenvalue weighted by atomic mass is 10.0. The minimum Gasteiger partial charge on any atom is -0.387 e. The number of carbonyl (C=O) groups excluding carboxylic acids is 1. The molecule has 1 aromatic rings. The van der Waals surface area contributed by atoms with Gasteiger partial charge in [-0.1, -0.05) is 38.1 Å². The van der Waals surface area contributed by atoms with Gasteiger partial charge in [-0.05, 0) is 23.5 Å². The molecule has 0 saturated heterocycles. The molecule has 0 fully saturated rings. The summed E-state index contributed by atoms with van der Waals surface area (Å²) >= 11 is 0. The molecule has 1 rings (SSSR count). The fourth-order valence-electron chi connectivity index (χ4n) is 1.80. The van der Waals surface area contributed by atoms with E-state index in [4.69, 9.17) is 5.73 Å². The number of nitrogens with two attached hydrogens (primary N) is 1. The van der Waals surface area contributed by atoms with Crippen LogP contribution in [0.4, 0.5) is 0 Å². The molecule has 0 aromatic heterocycles. The molecule has 1 atom stereocenters. The van der Waals surface area contributed by atoms with Crippen LogP contribution in [0.5, 0.6) is 0 Å². The SMILES string of the molecule is CC(C)Cc1ccc(C(O)CNCC(N)=O)cc1. The molecule has 0 aliphatic rings. The highest BCUT2D eigenvalue weighted by Gasteiger charge is 2.07. The molecule has 1 amide bonds. The van der Waals surface area contributed by atoms with Crippen molar-refractivity contribution >= 4 is 5.91 Å². The van der Waals surface area contributed by atoms with Gasteiger partial charge in [0, 0.05) is 6.54 Å². The van der Waals surface area contributed by atoms with Crippen LogP contribution in [0.3, 0.4) is 0 Å². The number of carbonyl (C=O) groups is 1. The Kier molecular flexibility index (Phi) is 5.82. The van der Waals surface area contributed by atoms with Crippen LogP contribution < -0.4 is 11.1 Å². The largest absolute Gasteiger partial charge is 0.387 e. The lowest BCUT2D eigenvalue weighted by molar-refractivity contribution is -0.117. The van der Waals surface area contributed by atoms with E-state index in [2.05, 4.69) is 19.2 Å². The fraction of sp³-hybridized carbons (Fsp3) is 0.500. The van der Waals surface area contributed by atoms with Crippen molar-refractivity contribution in [1.29, 1.82) is 0 Å². The maximum Gasteiger partial charge on any atom is 0.231 e. The van der Waals surface area contributed by atoms with Crippen LogP contribution in [-0.2, 0) is 11.2 Å². The first-order valence-electron chi connectivity index (χ1n) is 6.25. The summed E-state index contributed by atoms with van der Waals surface area (Å²) in [6.45, 7) is 4.77. The predicted molar refractivity (Wildman–Crippen MR) is 72.0 cm³/mol. The highest BCUT2D eigenvalue weighted by atomic mass is 16.3. The van der Waals surface area contributed by atoms with Crippen LogP contribution in [0, 0.1) is 5.92 Å². The lowest BCUT2D eigenvalue weighted by Crippen LogP contribution is -2.31. The minimum atomic E-state index is -0.613. The van der Waals surface area contributed by atoms with Gasteiger partial charge in [0.05, 0.1) is 12.6 Å². The van der Waals surface area contributed by atoms with Gasteiger partial charge in [0.25, 0.3) is 0 Å². The molecule has 4 nitrogen and oxygen atoms in total. The molecule has 1 unspecified atom stereocenters. The Labute approximate surface area is 108 Å². The number of hydrogen-bond donors (Lipinski definition) is 3. The van der Waals surface area contributed by atoms with E-state index in [0.717, 1.165) is 12.0 Å². The first-order valence-corrected chi connectivity index (χ1v) is 6.25. The average molecular weight is 250 g/mol. The van der Waals surface area contributed by atoms with E-state index in [0.29, 0.717) is 12.5 Å².